The van der Waals surface area contributed by atoms with Crippen molar-refractivity contribution in [2.45, 2.75) is 13.2 Å². The number of ether oxygens (including phenoxy) is 2. The molecular weight excluding hydrogens is 430 g/mol. The molecule has 0 aromatic heterocycles. The molecule has 2 amide bonds. The highest BCUT2D eigenvalue weighted by Gasteiger charge is 2.14. The molecule has 32 heavy (non-hydrogen) atoms. The molecule has 0 saturated heterocycles. The lowest BCUT2D eigenvalue weighted by molar-refractivity contribution is 0.102. The largest absolute Gasteiger partial charge is 0.492 e. The molecule has 0 fully saturated rings. The van der Waals surface area contributed by atoms with Crippen LogP contribution in [-0.2, 0) is 17.9 Å². The Morgan fingerprint density at radius 3 is 2.69 bits per heavy atom. The van der Waals surface area contributed by atoms with Crippen LogP contribution in [0.1, 0.15) is 21.5 Å². The van der Waals surface area contributed by atoms with E-state index < -0.39 is 6.09 Å². The van der Waals surface area contributed by atoms with Crippen molar-refractivity contribution in [3.8, 4) is 5.75 Å². The molecule has 1 aliphatic rings. The summed E-state index contributed by atoms with van der Waals surface area (Å²) in [5.41, 5.74) is 3.14. The normalized spacial score (nSPS) is 12.7. The third kappa shape index (κ3) is 5.78. The number of amides is 2. The molecule has 7 nitrogen and oxygen atoms in total. The first-order valence-corrected chi connectivity index (χ1v) is 10.5. The SMILES string of the molecule is O=C(Nc1cc(Cl)cc(C(=O)Nc2ccc3c(c2)CNCCO3)c1)OCc1ccccc1. The summed E-state index contributed by atoms with van der Waals surface area (Å²) >= 11 is 6.17. The van der Waals surface area contributed by atoms with Crippen LogP contribution in [0.5, 0.6) is 5.75 Å². The average molecular weight is 452 g/mol. The van der Waals surface area contributed by atoms with Crippen molar-refractivity contribution in [1.29, 1.82) is 0 Å². The lowest BCUT2D eigenvalue weighted by Crippen LogP contribution is -2.16. The topological polar surface area (TPSA) is 88.7 Å². The molecule has 4 rings (SSSR count). The van der Waals surface area contributed by atoms with E-state index >= 15 is 0 Å². The highest BCUT2D eigenvalue weighted by atomic mass is 35.5. The predicted octanol–water partition coefficient (Wildman–Crippen LogP) is 4.82. The molecule has 0 spiro atoms. The molecular formula is C24H22ClN3O4. The van der Waals surface area contributed by atoms with Crippen LogP contribution in [0.3, 0.4) is 0 Å². The summed E-state index contributed by atoms with van der Waals surface area (Å²) in [6.07, 6.45) is -0.638. The van der Waals surface area contributed by atoms with Crippen LogP contribution in [0.4, 0.5) is 16.2 Å². The molecule has 1 heterocycles. The van der Waals surface area contributed by atoms with Gasteiger partial charge in [-0.1, -0.05) is 41.9 Å². The monoisotopic (exact) mass is 451 g/mol. The van der Waals surface area contributed by atoms with Crippen molar-refractivity contribution >= 4 is 35.0 Å². The van der Waals surface area contributed by atoms with Gasteiger partial charge in [0.25, 0.3) is 5.91 Å². The van der Waals surface area contributed by atoms with Crippen molar-refractivity contribution in [2.75, 3.05) is 23.8 Å². The van der Waals surface area contributed by atoms with Gasteiger partial charge in [-0.05, 0) is 42.0 Å². The predicted molar refractivity (Wildman–Crippen MR) is 123 cm³/mol. The van der Waals surface area contributed by atoms with E-state index in [1.165, 1.54) is 6.07 Å². The zero-order chi connectivity index (χ0) is 22.3. The fourth-order valence-electron chi connectivity index (χ4n) is 3.27. The number of carbonyl (C=O) groups is 2. The molecule has 0 bridgehead atoms. The number of halogens is 1. The number of anilines is 2. The number of hydrogen-bond donors (Lipinski definition) is 3. The van der Waals surface area contributed by atoms with E-state index in [-0.39, 0.29) is 12.5 Å². The first kappa shape index (κ1) is 21.7. The zero-order valence-corrected chi connectivity index (χ0v) is 17.9. The Labute approximate surface area is 190 Å². The fourth-order valence-corrected chi connectivity index (χ4v) is 3.50. The van der Waals surface area contributed by atoms with E-state index in [2.05, 4.69) is 16.0 Å². The average Bonchev–Trinajstić information content (AvgIpc) is 3.03. The minimum absolute atomic E-state index is 0.136. The summed E-state index contributed by atoms with van der Waals surface area (Å²) in [6, 6.07) is 19.5. The highest BCUT2D eigenvalue weighted by molar-refractivity contribution is 6.31. The summed E-state index contributed by atoms with van der Waals surface area (Å²) in [7, 11) is 0. The zero-order valence-electron chi connectivity index (χ0n) is 17.2. The standard InChI is InChI=1S/C24H22ClN3O4/c25-19-10-17(11-21(13-19)28-24(30)32-15-16-4-2-1-3-5-16)23(29)27-20-6-7-22-18(12-20)14-26-8-9-31-22/h1-7,10-13,26H,8-9,14-15H2,(H,27,29)(H,28,30). The minimum atomic E-state index is -0.638. The van der Waals surface area contributed by atoms with Gasteiger partial charge in [0.15, 0.2) is 0 Å². The van der Waals surface area contributed by atoms with Gasteiger partial charge >= 0.3 is 6.09 Å². The van der Waals surface area contributed by atoms with Crippen LogP contribution < -0.4 is 20.7 Å². The van der Waals surface area contributed by atoms with Crippen molar-refractivity contribution in [1.82, 2.24) is 5.32 Å². The van der Waals surface area contributed by atoms with Gasteiger partial charge in [-0.25, -0.2) is 4.79 Å². The second kappa shape index (κ2) is 10.2. The summed E-state index contributed by atoms with van der Waals surface area (Å²) in [6.45, 7) is 2.17. The van der Waals surface area contributed by atoms with Crippen molar-refractivity contribution in [2.24, 2.45) is 0 Å². The first-order valence-electron chi connectivity index (χ1n) is 10.1. The molecule has 3 N–H and O–H groups in total. The molecule has 0 radical (unpaired) electrons. The van der Waals surface area contributed by atoms with Gasteiger partial charge in [0.05, 0.1) is 0 Å². The number of nitrogens with one attached hydrogen (secondary N) is 3. The Morgan fingerprint density at radius 1 is 1.00 bits per heavy atom. The van der Waals surface area contributed by atoms with Crippen LogP contribution in [0, 0.1) is 0 Å². The van der Waals surface area contributed by atoms with Crippen LogP contribution >= 0.6 is 11.6 Å². The van der Waals surface area contributed by atoms with Crippen LogP contribution in [-0.4, -0.2) is 25.2 Å². The molecule has 0 aliphatic carbocycles. The third-order valence-electron chi connectivity index (χ3n) is 4.79. The lowest BCUT2D eigenvalue weighted by Gasteiger charge is -2.12. The maximum Gasteiger partial charge on any atom is 0.411 e. The smallest absolute Gasteiger partial charge is 0.411 e. The molecule has 0 unspecified atom stereocenters. The van der Waals surface area contributed by atoms with Crippen LogP contribution in [0.15, 0.2) is 66.7 Å². The second-order valence-corrected chi connectivity index (χ2v) is 7.65. The Hall–Kier alpha value is -3.55. The van der Waals surface area contributed by atoms with Gasteiger partial charge in [-0.15, -0.1) is 0 Å². The Kier molecular flexibility index (Phi) is 6.89. The highest BCUT2D eigenvalue weighted by Crippen LogP contribution is 2.25. The lowest BCUT2D eigenvalue weighted by atomic mass is 10.1. The Morgan fingerprint density at radius 2 is 1.84 bits per heavy atom. The van der Waals surface area contributed by atoms with Crippen molar-refractivity contribution in [3.63, 3.8) is 0 Å². The summed E-state index contributed by atoms with van der Waals surface area (Å²) < 4.78 is 10.9. The molecule has 8 heteroatoms. The van der Waals surface area contributed by atoms with E-state index in [0.717, 1.165) is 23.4 Å². The van der Waals surface area contributed by atoms with Crippen molar-refractivity contribution < 1.29 is 19.1 Å². The third-order valence-corrected chi connectivity index (χ3v) is 5.01. The van der Waals surface area contributed by atoms with E-state index in [9.17, 15) is 9.59 Å². The first-order chi connectivity index (χ1) is 15.6. The fraction of sp³-hybridized carbons (Fsp3) is 0.167. The van der Waals surface area contributed by atoms with Gasteiger partial charge in [0, 0.05) is 40.6 Å². The Bertz CT molecular complexity index is 1120. The number of rotatable bonds is 5. The van der Waals surface area contributed by atoms with E-state index in [1.54, 1.807) is 18.2 Å². The number of carbonyl (C=O) groups excluding carboxylic acids is 2. The maximum atomic E-state index is 12.8. The van der Waals surface area contributed by atoms with Crippen LogP contribution in [0.2, 0.25) is 5.02 Å². The second-order valence-electron chi connectivity index (χ2n) is 7.22. The maximum absolute atomic E-state index is 12.8. The molecule has 0 atom stereocenters. The van der Waals surface area contributed by atoms with Gasteiger partial charge in [-0.3, -0.25) is 10.1 Å². The van der Waals surface area contributed by atoms with Gasteiger partial charge in [0.2, 0.25) is 0 Å². The molecule has 0 saturated carbocycles. The number of benzene rings is 3. The Balaban J connectivity index is 1.41. The summed E-state index contributed by atoms with van der Waals surface area (Å²) in [5.74, 6) is 0.451. The van der Waals surface area contributed by atoms with Gasteiger partial charge in [-0.2, -0.15) is 0 Å². The van der Waals surface area contributed by atoms with E-state index in [4.69, 9.17) is 21.1 Å². The molecule has 164 valence electrons. The molecule has 3 aromatic rings. The number of fused-ring (bicyclic) bond motifs is 1. The molecule has 1 aliphatic heterocycles. The minimum Gasteiger partial charge on any atom is -0.492 e. The van der Waals surface area contributed by atoms with E-state index in [0.29, 0.717) is 35.1 Å². The van der Waals surface area contributed by atoms with E-state index in [1.807, 2.05) is 42.5 Å². The summed E-state index contributed by atoms with van der Waals surface area (Å²) in [4.78, 5) is 24.9. The van der Waals surface area contributed by atoms with Crippen molar-refractivity contribution in [3.05, 3.63) is 88.4 Å². The molecule has 3 aromatic carbocycles. The van der Waals surface area contributed by atoms with Gasteiger partial charge < -0.3 is 20.1 Å². The number of hydrogen-bond acceptors (Lipinski definition) is 5. The quantitative estimate of drug-likeness (QED) is 0.517. The van der Waals surface area contributed by atoms with Gasteiger partial charge in [0.1, 0.15) is 19.0 Å². The van der Waals surface area contributed by atoms with Crippen LogP contribution in [0.25, 0.3) is 0 Å². The summed E-state index contributed by atoms with van der Waals surface area (Å²) in [5, 5.41) is 9.05.